The van der Waals surface area contributed by atoms with E-state index in [0.717, 1.165) is 7.11 Å². The third-order valence-corrected chi connectivity index (χ3v) is 3.87. The molecule has 1 N–H and O–H groups in total. The Kier molecular flexibility index (Phi) is 7.03. The van der Waals surface area contributed by atoms with E-state index in [0.29, 0.717) is 34.7 Å². The summed E-state index contributed by atoms with van der Waals surface area (Å²) >= 11 is 0. The minimum atomic E-state index is -4.89. The summed E-state index contributed by atoms with van der Waals surface area (Å²) in [5.74, 6) is -0.535. The van der Waals surface area contributed by atoms with Crippen LogP contribution in [0.4, 0.5) is 19.1 Å². The number of rotatable bonds is 7. The lowest BCUT2D eigenvalue weighted by Gasteiger charge is -2.14. The quantitative estimate of drug-likeness (QED) is 0.408. The van der Waals surface area contributed by atoms with Gasteiger partial charge in [-0.3, -0.25) is 0 Å². The number of nitrogens with zero attached hydrogens (tertiary/aromatic N) is 3. The molecule has 1 aromatic heterocycles. The summed E-state index contributed by atoms with van der Waals surface area (Å²) in [7, 11) is 5.30. The average molecular weight is 428 g/mol. The predicted molar refractivity (Wildman–Crippen MR) is 100 cm³/mol. The molecule has 0 aliphatic heterocycles. The first-order valence-corrected chi connectivity index (χ1v) is 8.29. The molecular formula is C18H19F3N4O5. The van der Waals surface area contributed by atoms with Gasteiger partial charge < -0.3 is 18.9 Å². The molecule has 0 aliphatic carbocycles. The van der Waals surface area contributed by atoms with Gasteiger partial charge in [-0.15, -0.1) is 0 Å². The fraction of sp³-hybridized carbons (Fsp3) is 0.333. The fourth-order valence-electron chi connectivity index (χ4n) is 2.40. The number of hydrazone groups is 1. The van der Waals surface area contributed by atoms with Gasteiger partial charge in [-0.1, -0.05) is 0 Å². The molecule has 0 saturated carbocycles. The van der Waals surface area contributed by atoms with E-state index >= 15 is 0 Å². The van der Waals surface area contributed by atoms with Crippen LogP contribution < -0.4 is 19.6 Å². The minimum absolute atomic E-state index is 0.364. The van der Waals surface area contributed by atoms with Crippen molar-refractivity contribution in [2.24, 2.45) is 5.10 Å². The van der Waals surface area contributed by atoms with E-state index < -0.39 is 29.4 Å². The zero-order valence-electron chi connectivity index (χ0n) is 16.7. The second-order valence-corrected chi connectivity index (χ2v) is 5.67. The monoisotopic (exact) mass is 428 g/mol. The Morgan fingerprint density at radius 2 is 1.67 bits per heavy atom. The Hall–Kier alpha value is -3.57. The van der Waals surface area contributed by atoms with Crippen molar-refractivity contribution in [3.8, 4) is 17.2 Å². The van der Waals surface area contributed by atoms with Crippen molar-refractivity contribution < 1.29 is 36.9 Å². The average Bonchev–Trinajstić information content (AvgIpc) is 2.74. The Morgan fingerprint density at radius 3 is 2.13 bits per heavy atom. The van der Waals surface area contributed by atoms with Crippen LogP contribution in [-0.4, -0.2) is 50.1 Å². The van der Waals surface area contributed by atoms with Gasteiger partial charge in [0.05, 0.1) is 34.2 Å². The summed E-state index contributed by atoms with van der Waals surface area (Å²) in [6.07, 6.45) is -4.17. The molecule has 1 aromatic carbocycles. The van der Waals surface area contributed by atoms with Gasteiger partial charge in [0.25, 0.3) is 0 Å². The second-order valence-electron chi connectivity index (χ2n) is 5.67. The smallest absolute Gasteiger partial charge is 0.434 e. The molecule has 0 aliphatic rings. The van der Waals surface area contributed by atoms with Crippen LogP contribution in [0.2, 0.25) is 0 Å². The van der Waals surface area contributed by atoms with E-state index in [4.69, 9.17) is 14.2 Å². The van der Waals surface area contributed by atoms with Crippen LogP contribution in [0.1, 0.15) is 28.5 Å². The number of methoxy groups -OCH3 is 4. The van der Waals surface area contributed by atoms with Crippen molar-refractivity contribution in [2.45, 2.75) is 13.1 Å². The highest BCUT2D eigenvalue weighted by atomic mass is 19.4. The molecule has 0 unspecified atom stereocenters. The number of halogens is 3. The summed E-state index contributed by atoms with van der Waals surface area (Å²) in [6.45, 7) is 1.60. The molecular weight excluding hydrogens is 409 g/mol. The van der Waals surface area contributed by atoms with Gasteiger partial charge in [-0.25, -0.2) is 20.2 Å². The maximum Gasteiger partial charge on any atom is 0.434 e. The van der Waals surface area contributed by atoms with Crippen LogP contribution in [0.3, 0.4) is 0 Å². The number of alkyl halides is 3. The largest absolute Gasteiger partial charge is 0.493 e. The normalized spacial score (nSPS) is 11.7. The molecule has 0 spiro atoms. The number of carbonyl (C=O) groups is 1. The molecule has 162 valence electrons. The van der Waals surface area contributed by atoms with Gasteiger partial charge in [-0.2, -0.15) is 18.3 Å². The van der Waals surface area contributed by atoms with Gasteiger partial charge in [0.15, 0.2) is 17.2 Å². The van der Waals surface area contributed by atoms with Gasteiger partial charge in [0, 0.05) is 11.8 Å². The molecule has 0 bridgehead atoms. The van der Waals surface area contributed by atoms with Crippen LogP contribution in [0.15, 0.2) is 23.4 Å². The third kappa shape index (κ3) is 4.88. The highest BCUT2D eigenvalue weighted by molar-refractivity contribution is 6.00. The van der Waals surface area contributed by atoms with Crippen molar-refractivity contribution in [3.63, 3.8) is 0 Å². The van der Waals surface area contributed by atoms with Crippen molar-refractivity contribution in [2.75, 3.05) is 33.9 Å². The molecule has 2 aromatic rings. The molecule has 0 saturated heterocycles. The van der Waals surface area contributed by atoms with E-state index in [1.807, 2.05) is 0 Å². The van der Waals surface area contributed by atoms with Crippen LogP contribution in [-0.2, 0) is 10.9 Å². The number of hydrogen-bond donors (Lipinski definition) is 1. The first-order chi connectivity index (χ1) is 14.2. The van der Waals surface area contributed by atoms with Crippen molar-refractivity contribution in [3.05, 3.63) is 35.2 Å². The number of nitrogens with one attached hydrogen (secondary N) is 1. The zero-order valence-corrected chi connectivity index (χ0v) is 16.7. The predicted octanol–water partition coefficient (Wildman–Crippen LogP) is 3.14. The van der Waals surface area contributed by atoms with Crippen LogP contribution in [0.25, 0.3) is 0 Å². The van der Waals surface area contributed by atoms with Gasteiger partial charge in [0.1, 0.15) is 5.56 Å². The number of ether oxygens (including phenoxy) is 4. The molecule has 0 amide bonds. The number of aromatic nitrogens is 2. The number of hydrogen-bond acceptors (Lipinski definition) is 9. The van der Waals surface area contributed by atoms with Crippen LogP contribution in [0, 0.1) is 0 Å². The summed E-state index contributed by atoms with van der Waals surface area (Å²) in [6, 6.07) is 3.23. The second kappa shape index (κ2) is 9.29. The van der Waals surface area contributed by atoms with E-state index in [1.54, 1.807) is 19.1 Å². The minimum Gasteiger partial charge on any atom is -0.493 e. The third-order valence-electron chi connectivity index (χ3n) is 3.87. The number of anilines is 1. The Morgan fingerprint density at radius 1 is 1.07 bits per heavy atom. The molecule has 1 heterocycles. The maximum absolute atomic E-state index is 13.2. The van der Waals surface area contributed by atoms with E-state index in [9.17, 15) is 18.0 Å². The standard InChI is InChI=1S/C18H19F3N4O5/c1-9(10-6-12(27-2)14(29-4)13(7-10)28-3)24-25-17-22-8-11(16(26)30-5)15(23-17)18(19,20)21/h6-8H,1-5H3,(H,22,23,25)/b24-9+. The Balaban J connectivity index is 2.39. The Labute approximate surface area is 169 Å². The summed E-state index contributed by atoms with van der Waals surface area (Å²) < 4.78 is 59.8. The van der Waals surface area contributed by atoms with E-state index in [1.165, 1.54) is 21.3 Å². The topological polar surface area (TPSA) is 104 Å². The van der Waals surface area contributed by atoms with Gasteiger partial charge in [-0.05, 0) is 19.1 Å². The molecule has 0 radical (unpaired) electrons. The highest BCUT2D eigenvalue weighted by Crippen LogP contribution is 2.38. The molecule has 0 atom stereocenters. The molecule has 30 heavy (non-hydrogen) atoms. The number of esters is 1. The van der Waals surface area contributed by atoms with Crippen LogP contribution in [0.5, 0.6) is 17.2 Å². The lowest BCUT2D eigenvalue weighted by atomic mass is 10.1. The first kappa shape index (κ1) is 22.7. The van der Waals surface area contributed by atoms with Gasteiger partial charge in [0.2, 0.25) is 11.7 Å². The van der Waals surface area contributed by atoms with E-state index in [-0.39, 0.29) is 0 Å². The fourth-order valence-corrected chi connectivity index (χ4v) is 2.40. The zero-order chi connectivity index (χ0) is 22.5. The molecule has 12 heteroatoms. The summed E-state index contributed by atoms with van der Waals surface area (Å²) in [5, 5.41) is 4.00. The highest BCUT2D eigenvalue weighted by Gasteiger charge is 2.38. The Bertz CT molecular complexity index is 938. The maximum atomic E-state index is 13.2. The van der Waals surface area contributed by atoms with Crippen molar-refractivity contribution >= 4 is 17.6 Å². The lowest BCUT2D eigenvalue weighted by Crippen LogP contribution is -2.18. The summed E-state index contributed by atoms with van der Waals surface area (Å²) in [5.41, 5.74) is 1.01. The molecule has 2 rings (SSSR count). The van der Waals surface area contributed by atoms with Gasteiger partial charge >= 0.3 is 12.1 Å². The van der Waals surface area contributed by atoms with E-state index in [2.05, 4.69) is 25.2 Å². The molecule has 0 fully saturated rings. The van der Waals surface area contributed by atoms with Crippen molar-refractivity contribution in [1.82, 2.24) is 9.97 Å². The van der Waals surface area contributed by atoms with Crippen molar-refractivity contribution in [1.29, 1.82) is 0 Å². The lowest BCUT2D eigenvalue weighted by molar-refractivity contribution is -0.141. The summed E-state index contributed by atoms with van der Waals surface area (Å²) in [4.78, 5) is 18.6. The molecule has 9 nitrogen and oxygen atoms in total. The number of benzene rings is 1. The SMILES string of the molecule is COC(=O)c1cnc(N/N=C(\C)c2cc(OC)c(OC)c(OC)c2)nc1C(F)(F)F. The first-order valence-electron chi connectivity index (χ1n) is 8.29. The van der Waals surface area contributed by atoms with Crippen LogP contribution >= 0.6 is 0 Å². The number of carbonyl (C=O) groups excluding carboxylic acids is 1.